The van der Waals surface area contributed by atoms with Crippen LogP contribution in [0, 0.1) is 0 Å². The Labute approximate surface area is 98.2 Å². The number of rotatable bonds is 3. The lowest BCUT2D eigenvalue weighted by Crippen LogP contribution is -2.49. The average Bonchev–Trinajstić information content (AvgIpc) is 2.65. The van der Waals surface area contributed by atoms with E-state index < -0.39 is 0 Å². The number of hydrogen-bond donors (Lipinski definition) is 0. The third-order valence-corrected chi connectivity index (χ3v) is 3.43. The van der Waals surface area contributed by atoms with E-state index in [9.17, 15) is 0 Å². The van der Waals surface area contributed by atoms with Crippen molar-refractivity contribution in [3.63, 3.8) is 0 Å². The maximum atomic E-state index is 4.48. The van der Waals surface area contributed by atoms with Crippen LogP contribution in [0.25, 0.3) is 0 Å². The Morgan fingerprint density at radius 3 is 2.50 bits per heavy atom. The molecule has 2 heterocycles. The molecule has 0 spiro atoms. The van der Waals surface area contributed by atoms with Crippen molar-refractivity contribution >= 4 is 11.9 Å². The fourth-order valence-electron chi connectivity index (χ4n) is 2.33. The molecule has 0 amide bonds. The molecular formula is C12H23N4+. The third-order valence-electron chi connectivity index (χ3n) is 3.43. The van der Waals surface area contributed by atoms with E-state index in [4.69, 9.17) is 0 Å². The van der Waals surface area contributed by atoms with Crippen molar-refractivity contribution in [2.45, 2.75) is 26.3 Å². The molecule has 1 saturated heterocycles. The second-order valence-electron chi connectivity index (χ2n) is 5.03. The molecule has 0 aromatic rings. The van der Waals surface area contributed by atoms with Crippen LogP contribution in [0.3, 0.4) is 0 Å². The third kappa shape index (κ3) is 2.89. The van der Waals surface area contributed by atoms with Crippen LogP contribution in [-0.2, 0) is 0 Å². The van der Waals surface area contributed by atoms with Crippen molar-refractivity contribution in [3.8, 4) is 0 Å². The molecule has 0 N–H and O–H groups in total. The standard InChI is InChI=1S/C12H23N4/c1-11(2)16-8-6-15(7-9-16)10-12-4-5-14(3)13-12/h5,11H,4,6-10H2,1-3H3/q+1. The summed E-state index contributed by atoms with van der Waals surface area (Å²) in [7, 11) is 2.00. The van der Waals surface area contributed by atoms with Crippen molar-refractivity contribution in [1.82, 2.24) is 9.80 Å². The summed E-state index contributed by atoms with van der Waals surface area (Å²) >= 11 is 0. The fourth-order valence-corrected chi connectivity index (χ4v) is 2.33. The van der Waals surface area contributed by atoms with Gasteiger partial charge in [-0.05, 0) is 18.9 Å². The molecule has 0 radical (unpaired) electrons. The highest BCUT2D eigenvalue weighted by atomic mass is 15.4. The first kappa shape index (κ1) is 11.7. The molecule has 0 saturated carbocycles. The molecule has 2 aliphatic rings. The van der Waals surface area contributed by atoms with Gasteiger partial charge in [-0.3, -0.25) is 9.80 Å². The van der Waals surface area contributed by atoms with Crippen LogP contribution in [0.5, 0.6) is 0 Å². The van der Waals surface area contributed by atoms with Gasteiger partial charge in [0.05, 0.1) is 6.42 Å². The van der Waals surface area contributed by atoms with Gasteiger partial charge in [0.2, 0.25) is 0 Å². The molecule has 1 fully saturated rings. The molecule has 4 heteroatoms. The molecule has 0 bridgehead atoms. The van der Waals surface area contributed by atoms with Gasteiger partial charge in [-0.1, -0.05) is 4.68 Å². The second-order valence-corrected chi connectivity index (χ2v) is 5.03. The quantitative estimate of drug-likeness (QED) is 0.649. The van der Waals surface area contributed by atoms with Gasteiger partial charge in [-0.25, -0.2) is 0 Å². The zero-order valence-electron chi connectivity index (χ0n) is 10.7. The predicted molar refractivity (Wildman–Crippen MR) is 67.4 cm³/mol. The Kier molecular flexibility index (Phi) is 3.71. The van der Waals surface area contributed by atoms with Gasteiger partial charge in [0.25, 0.3) is 0 Å². The molecule has 0 aliphatic carbocycles. The van der Waals surface area contributed by atoms with E-state index >= 15 is 0 Å². The number of hydrogen-bond acceptors (Lipinski definition) is 3. The molecule has 0 unspecified atom stereocenters. The van der Waals surface area contributed by atoms with Gasteiger partial charge in [0, 0.05) is 38.8 Å². The summed E-state index contributed by atoms with van der Waals surface area (Å²) in [5, 5.41) is 4.48. The van der Waals surface area contributed by atoms with E-state index in [1.54, 1.807) is 0 Å². The van der Waals surface area contributed by atoms with Crippen LogP contribution < -0.4 is 0 Å². The van der Waals surface area contributed by atoms with Crippen LogP contribution >= 0.6 is 0 Å². The van der Waals surface area contributed by atoms with Crippen LogP contribution in [0.15, 0.2) is 5.10 Å². The molecule has 90 valence electrons. The monoisotopic (exact) mass is 223 g/mol. The maximum absolute atomic E-state index is 4.48. The summed E-state index contributed by atoms with van der Waals surface area (Å²) in [6, 6.07) is 0.686. The molecule has 0 atom stereocenters. The number of nitrogens with zero attached hydrogens (tertiary/aromatic N) is 4. The summed E-state index contributed by atoms with van der Waals surface area (Å²) in [6.45, 7) is 10.4. The molecule has 16 heavy (non-hydrogen) atoms. The van der Waals surface area contributed by atoms with Crippen LogP contribution in [0.2, 0.25) is 0 Å². The molecule has 2 aliphatic heterocycles. The normalized spacial score (nSPS) is 23.8. The molecule has 2 rings (SSSR count). The number of hydrazone groups is 1. The van der Waals surface area contributed by atoms with Crippen molar-refractivity contribution < 1.29 is 4.68 Å². The summed E-state index contributed by atoms with van der Waals surface area (Å²) in [6.07, 6.45) is 3.17. The zero-order valence-corrected chi connectivity index (χ0v) is 10.7. The largest absolute Gasteiger partial charge is 0.298 e. The molecule has 0 aromatic heterocycles. The van der Waals surface area contributed by atoms with Gasteiger partial charge in [0.1, 0.15) is 5.71 Å². The van der Waals surface area contributed by atoms with Crippen molar-refractivity contribution in [1.29, 1.82) is 0 Å². The van der Waals surface area contributed by atoms with E-state index in [1.807, 2.05) is 11.7 Å². The highest BCUT2D eigenvalue weighted by molar-refractivity contribution is 5.97. The Hall–Kier alpha value is -0.740. The predicted octanol–water partition coefficient (Wildman–Crippen LogP) is 0.485. The Morgan fingerprint density at radius 1 is 1.31 bits per heavy atom. The maximum Gasteiger partial charge on any atom is 0.178 e. The number of piperazine rings is 1. The first-order valence-electron chi connectivity index (χ1n) is 6.24. The Balaban J connectivity index is 1.76. The van der Waals surface area contributed by atoms with Crippen molar-refractivity contribution in [2.75, 3.05) is 39.8 Å². The zero-order chi connectivity index (χ0) is 11.5. The lowest BCUT2D eigenvalue weighted by atomic mass is 10.2. The summed E-state index contributed by atoms with van der Waals surface area (Å²) < 4.78 is 1.93. The molecule has 4 nitrogen and oxygen atoms in total. The van der Waals surface area contributed by atoms with E-state index in [1.165, 1.54) is 31.9 Å². The Bertz CT molecular complexity index is 298. The van der Waals surface area contributed by atoms with E-state index in [0.717, 1.165) is 13.0 Å². The summed E-state index contributed by atoms with van der Waals surface area (Å²) in [5.74, 6) is 0. The summed E-state index contributed by atoms with van der Waals surface area (Å²) in [5.41, 5.74) is 1.31. The minimum Gasteiger partial charge on any atom is -0.298 e. The minimum absolute atomic E-state index is 0.686. The highest BCUT2D eigenvalue weighted by Crippen LogP contribution is 2.07. The van der Waals surface area contributed by atoms with Crippen LogP contribution in [-0.4, -0.2) is 72.2 Å². The topological polar surface area (TPSA) is 21.9 Å². The lowest BCUT2D eigenvalue weighted by Gasteiger charge is -2.36. The fraction of sp³-hybridized carbons (Fsp3) is 0.833. The van der Waals surface area contributed by atoms with Gasteiger partial charge >= 0.3 is 0 Å². The van der Waals surface area contributed by atoms with E-state index in [0.29, 0.717) is 6.04 Å². The first-order valence-corrected chi connectivity index (χ1v) is 6.24. The highest BCUT2D eigenvalue weighted by Gasteiger charge is 2.21. The van der Waals surface area contributed by atoms with Crippen LogP contribution in [0.1, 0.15) is 20.3 Å². The van der Waals surface area contributed by atoms with Gasteiger partial charge in [-0.2, -0.15) is 0 Å². The summed E-state index contributed by atoms with van der Waals surface area (Å²) in [4.78, 5) is 5.07. The smallest absolute Gasteiger partial charge is 0.178 e. The van der Waals surface area contributed by atoms with E-state index in [-0.39, 0.29) is 0 Å². The van der Waals surface area contributed by atoms with E-state index in [2.05, 4.69) is 35.0 Å². The minimum atomic E-state index is 0.686. The van der Waals surface area contributed by atoms with Crippen molar-refractivity contribution in [3.05, 3.63) is 0 Å². The van der Waals surface area contributed by atoms with Crippen molar-refractivity contribution in [2.24, 2.45) is 5.10 Å². The van der Waals surface area contributed by atoms with Crippen LogP contribution in [0.4, 0.5) is 0 Å². The molecular weight excluding hydrogens is 200 g/mol. The van der Waals surface area contributed by atoms with Gasteiger partial charge in [0.15, 0.2) is 13.3 Å². The second kappa shape index (κ2) is 5.06. The Morgan fingerprint density at radius 2 is 2.00 bits per heavy atom. The lowest BCUT2D eigenvalue weighted by molar-refractivity contribution is -0.494. The van der Waals surface area contributed by atoms with Gasteiger partial charge < -0.3 is 0 Å². The first-order chi connectivity index (χ1) is 7.65. The SMILES string of the molecule is CC(C)N1CCN(CC2=N[N+](C)=CC2)CC1. The molecule has 0 aromatic carbocycles. The van der Waals surface area contributed by atoms with Gasteiger partial charge in [-0.15, -0.1) is 0 Å². The average molecular weight is 223 g/mol.